The van der Waals surface area contributed by atoms with Gasteiger partial charge in [0.1, 0.15) is 11.6 Å². The zero-order valence-electron chi connectivity index (χ0n) is 12.4. The van der Waals surface area contributed by atoms with Crippen molar-refractivity contribution in [1.82, 2.24) is 4.98 Å². The average molecular weight is 297 g/mol. The van der Waals surface area contributed by atoms with Crippen LogP contribution in [0.5, 0.6) is 0 Å². The second-order valence-corrected chi connectivity index (χ2v) is 6.05. The van der Waals surface area contributed by atoms with Gasteiger partial charge in [-0.2, -0.15) is 0 Å². The summed E-state index contributed by atoms with van der Waals surface area (Å²) in [7, 11) is 0. The molecule has 3 heterocycles. The topological polar surface area (TPSA) is 58.4 Å². The Balaban J connectivity index is 1.36. The smallest absolute Gasteiger partial charge is 0.228 e. The lowest BCUT2D eigenvalue weighted by Crippen LogP contribution is -2.19. The number of rotatable bonds is 4. The Morgan fingerprint density at radius 2 is 2.14 bits per heavy atom. The molecule has 1 N–H and O–H groups in total. The molecule has 0 spiro atoms. The minimum atomic E-state index is 0.0180. The van der Waals surface area contributed by atoms with Crippen LogP contribution in [0.25, 0.3) is 0 Å². The van der Waals surface area contributed by atoms with Crippen molar-refractivity contribution in [1.29, 1.82) is 0 Å². The maximum Gasteiger partial charge on any atom is 0.228 e. The lowest BCUT2D eigenvalue weighted by Gasteiger charge is -2.16. The Morgan fingerprint density at radius 3 is 2.82 bits per heavy atom. The van der Waals surface area contributed by atoms with E-state index in [1.165, 1.54) is 12.8 Å². The molecule has 5 heteroatoms. The molecular weight excluding hydrogens is 278 g/mol. The molecular formula is C17H19N3O2. The number of carbonyl (C=O) groups is 1. The maximum absolute atomic E-state index is 12.2. The number of carbonyl (C=O) groups excluding carboxylic acids is 1. The fourth-order valence-electron chi connectivity index (χ4n) is 3.13. The van der Waals surface area contributed by atoms with E-state index in [2.05, 4.69) is 15.2 Å². The van der Waals surface area contributed by atoms with E-state index < -0.39 is 0 Å². The lowest BCUT2D eigenvalue weighted by atomic mass is 10.2. The highest BCUT2D eigenvalue weighted by Gasteiger charge is 2.45. The monoisotopic (exact) mass is 297 g/mol. The van der Waals surface area contributed by atoms with Gasteiger partial charge in [0.15, 0.2) is 0 Å². The van der Waals surface area contributed by atoms with E-state index in [4.69, 9.17) is 4.42 Å². The van der Waals surface area contributed by atoms with Crippen LogP contribution in [-0.2, 0) is 4.79 Å². The molecule has 1 saturated heterocycles. The summed E-state index contributed by atoms with van der Waals surface area (Å²) in [4.78, 5) is 19.0. The molecule has 2 aliphatic rings. The highest BCUT2D eigenvalue weighted by Crippen LogP contribution is 2.48. The molecule has 0 aromatic carbocycles. The second kappa shape index (κ2) is 5.48. The molecule has 1 amide bonds. The summed E-state index contributed by atoms with van der Waals surface area (Å²) in [6, 6.07) is 7.72. The van der Waals surface area contributed by atoms with Crippen molar-refractivity contribution in [3.8, 4) is 0 Å². The van der Waals surface area contributed by atoms with E-state index >= 15 is 0 Å². The third-order valence-electron chi connectivity index (χ3n) is 4.48. The summed E-state index contributed by atoms with van der Waals surface area (Å²) in [5, 5.41) is 2.95. The Morgan fingerprint density at radius 1 is 1.27 bits per heavy atom. The van der Waals surface area contributed by atoms with Crippen LogP contribution in [0, 0.1) is 5.92 Å². The quantitative estimate of drug-likeness (QED) is 0.942. The van der Waals surface area contributed by atoms with Crippen molar-refractivity contribution in [2.75, 3.05) is 23.3 Å². The Kier molecular flexibility index (Phi) is 3.33. The van der Waals surface area contributed by atoms with Crippen LogP contribution >= 0.6 is 0 Å². The highest BCUT2D eigenvalue weighted by molar-refractivity contribution is 5.95. The molecule has 2 atom stereocenters. The van der Waals surface area contributed by atoms with Crippen LogP contribution in [0.15, 0.2) is 41.1 Å². The van der Waals surface area contributed by atoms with Crippen molar-refractivity contribution in [2.45, 2.75) is 25.2 Å². The first-order valence-electron chi connectivity index (χ1n) is 7.86. The number of hydrogen-bond acceptors (Lipinski definition) is 4. The van der Waals surface area contributed by atoms with E-state index in [0.29, 0.717) is 0 Å². The van der Waals surface area contributed by atoms with Crippen molar-refractivity contribution >= 4 is 17.4 Å². The third-order valence-corrected chi connectivity index (χ3v) is 4.48. The van der Waals surface area contributed by atoms with E-state index in [9.17, 15) is 4.79 Å². The number of amides is 1. The molecule has 1 aliphatic carbocycles. The first-order valence-corrected chi connectivity index (χ1v) is 7.86. The van der Waals surface area contributed by atoms with Gasteiger partial charge in [-0.1, -0.05) is 0 Å². The second-order valence-electron chi connectivity index (χ2n) is 6.05. The maximum atomic E-state index is 12.2. The lowest BCUT2D eigenvalue weighted by molar-refractivity contribution is -0.117. The molecule has 2 aromatic rings. The minimum absolute atomic E-state index is 0.0180. The van der Waals surface area contributed by atoms with Crippen LogP contribution in [-0.4, -0.2) is 24.0 Å². The molecule has 1 aliphatic heterocycles. The van der Waals surface area contributed by atoms with E-state index in [1.807, 2.05) is 24.3 Å². The van der Waals surface area contributed by atoms with Gasteiger partial charge in [0.25, 0.3) is 0 Å². The van der Waals surface area contributed by atoms with Crippen LogP contribution in [0.2, 0.25) is 0 Å². The first-order chi connectivity index (χ1) is 10.8. The number of aromatic nitrogens is 1. The number of nitrogens with zero attached hydrogens (tertiary/aromatic N) is 2. The molecule has 0 radical (unpaired) electrons. The minimum Gasteiger partial charge on any atom is -0.469 e. The van der Waals surface area contributed by atoms with Crippen LogP contribution in [0.4, 0.5) is 11.5 Å². The number of hydrogen-bond donors (Lipinski definition) is 1. The van der Waals surface area contributed by atoms with Gasteiger partial charge < -0.3 is 14.6 Å². The summed E-state index contributed by atoms with van der Waals surface area (Å²) in [5.74, 6) is 2.20. The fraction of sp³-hybridized carbons (Fsp3) is 0.412. The molecule has 2 fully saturated rings. The van der Waals surface area contributed by atoms with E-state index in [-0.39, 0.29) is 17.7 Å². The van der Waals surface area contributed by atoms with E-state index in [0.717, 1.165) is 36.8 Å². The SMILES string of the molecule is O=C(Nc1ccc(N2CCCC2)nc1)[C@H]1C[C@@H]1c1ccco1. The fourth-order valence-corrected chi connectivity index (χ4v) is 3.13. The number of furan rings is 1. The Bertz CT molecular complexity index is 645. The Hall–Kier alpha value is -2.30. The zero-order chi connectivity index (χ0) is 14.9. The van der Waals surface area contributed by atoms with Gasteiger partial charge in [-0.15, -0.1) is 0 Å². The molecule has 4 rings (SSSR count). The van der Waals surface area contributed by atoms with Gasteiger partial charge >= 0.3 is 0 Å². The van der Waals surface area contributed by atoms with Crippen molar-refractivity contribution in [3.63, 3.8) is 0 Å². The summed E-state index contributed by atoms with van der Waals surface area (Å²) < 4.78 is 5.36. The van der Waals surface area contributed by atoms with Crippen molar-refractivity contribution in [3.05, 3.63) is 42.5 Å². The molecule has 0 unspecified atom stereocenters. The molecule has 22 heavy (non-hydrogen) atoms. The predicted octanol–water partition coefficient (Wildman–Crippen LogP) is 3.02. The predicted molar refractivity (Wildman–Crippen MR) is 83.9 cm³/mol. The molecule has 0 bridgehead atoms. The summed E-state index contributed by atoms with van der Waals surface area (Å²) >= 11 is 0. The van der Waals surface area contributed by atoms with Gasteiger partial charge in [0.05, 0.1) is 18.1 Å². The van der Waals surface area contributed by atoms with Crippen LogP contribution in [0.3, 0.4) is 0 Å². The number of pyridine rings is 1. The summed E-state index contributed by atoms with van der Waals surface area (Å²) in [6.45, 7) is 2.15. The standard InChI is InChI=1S/C17H19N3O2/c21-17(14-10-13(14)15-4-3-9-22-15)19-12-5-6-16(18-11-12)20-7-1-2-8-20/h3-6,9,11,13-14H,1-2,7-8,10H2,(H,19,21)/t13-,14-/m0/s1. The molecule has 114 valence electrons. The summed E-state index contributed by atoms with van der Waals surface area (Å²) in [5.41, 5.74) is 0.762. The first kappa shape index (κ1) is 13.4. The number of nitrogens with one attached hydrogen (secondary N) is 1. The largest absolute Gasteiger partial charge is 0.469 e. The Labute approximate surface area is 129 Å². The third kappa shape index (κ3) is 2.58. The van der Waals surface area contributed by atoms with E-state index in [1.54, 1.807) is 12.5 Å². The van der Waals surface area contributed by atoms with Crippen molar-refractivity contribution < 1.29 is 9.21 Å². The zero-order valence-corrected chi connectivity index (χ0v) is 12.4. The summed E-state index contributed by atoms with van der Waals surface area (Å²) in [6.07, 6.45) is 6.73. The van der Waals surface area contributed by atoms with Crippen LogP contribution in [0.1, 0.15) is 30.9 Å². The average Bonchev–Trinajstić information content (AvgIpc) is 2.97. The van der Waals surface area contributed by atoms with Gasteiger partial charge in [0.2, 0.25) is 5.91 Å². The van der Waals surface area contributed by atoms with Gasteiger partial charge in [-0.3, -0.25) is 4.79 Å². The number of anilines is 2. The molecule has 5 nitrogen and oxygen atoms in total. The molecule has 1 saturated carbocycles. The van der Waals surface area contributed by atoms with Gasteiger partial charge in [0, 0.05) is 24.9 Å². The van der Waals surface area contributed by atoms with Gasteiger partial charge in [-0.25, -0.2) is 4.98 Å². The highest BCUT2D eigenvalue weighted by atomic mass is 16.3. The van der Waals surface area contributed by atoms with Crippen LogP contribution < -0.4 is 10.2 Å². The van der Waals surface area contributed by atoms with Gasteiger partial charge in [-0.05, 0) is 43.5 Å². The van der Waals surface area contributed by atoms with Crippen molar-refractivity contribution in [2.24, 2.45) is 5.92 Å². The normalized spacial score (nSPS) is 23.5. The molecule has 2 aromatic heterocycles.